The highest BCUT2D eigenvalue weighted by molar-refractivity contribution is 7.11. The van der Waals surface area contributed by atoms with Gasteiger partial charge in [-0.05, 0) is 19.1 Å². The second-order valence-electron chi connectivity index (χ2n) is 4.96. The van der Waals surface area contributed by atoms with Gasteiger partial charge < -0.3 is 10.1 Å². The topological polar surface area (TPSA) is 68.3 Å². The largest absolute Gasteiger partial charge is 0.461 e. The molecule has 0 radical (unpaired) electrons. The molecule has 0 spiro atoms. The first kappa shape index (κ1) is 18.9. The maximum atomic E-state index is 12.1. The van der Waals surface area contributed by atoms with Crippen molar-refractivity contribution in [1.29, 1.82) is 0 Å². The van der Waals surface area contributed by atoms with Crippen molar-refractivity contribution in [3.63, 3.8) is 0 Å². The van der Waals surface area contributed by atoms with Crippen molar-refractivity contribution in [1.82, 2.24) is 10.3 Å². The van der Waals surface area contributed by atoms with Crippen molar-refractivity contribution < 1.29 is 27.5 Å². The van der Waals surface area contributed by atoms with Crippen LogP contribution in [0.1, 0.15) is 33.5 Å². The van der Waals surface area contributed by atoms with Crippen LogP contribution in [0.25, 0.3) is 11.3 Å². The summed E-state index contributed by atoms with van der Waals surface area (Å²) in [6, 6.07) is 6.20. The van der Waals surface area contributed by atoms with Gasteiger partial charge in [0.05, 0.1) is 18.7 Å². The van der Waals surface area contributed by atoms with Gasteiger partial charge in [0.1, 0.15) is 0 Å². The maximum Gasteiger partial charge on any atom is 0.390 e. The zero-order chi connectivity index (χ0) is 18.4. The number of carbonyl (C=O) groups is 2. The minimum absolute atomic E-state index is 0.228. The highest BCUT2D eigenvalue weighted by Crippen LogP contribution is 2.23. The molecule has 0 saturated carbocycles. The van der Waals surface area contributed by atoms with E-state index >= 15 is 0 Å². The summed E-state index contributed by atoms with van der Waals surface area (Å²) in [5.41, 5.74) is 1.47. The van der Waals surface area contributed by atoms with Crippen LogP contribution in [0.2, 0.25) is 0 Å². The molecule has 0 aliphatic heterocycles. The van der Waals surface area contributed by atoms with Gasteiger partial charge in [0.2, 0.25) is 5.01 Å². The SMILES string of the molecule is CCOC(=O)c1nc(-c2ccc(C(=O)NCCC(F)(F)F)cc2)cs1. The molecule has 0 unspecified atom stereocenters. The average Bonchev–Trinajstić information content (AvgIpc) is 3.04. The molecular formula is C16H15F3N2O3S. The average molecular weight is 372 g/mol. The lowest BCUT2D eigenvalue weighted by Gasteiger charge is -2.08. The Kier molecular flexibility index (Phi) is 6.13. The third-order valence-corrected chi connectivity index (χ3v) is 3.91. The van der Waals surface area contributed by atoms with Crippen LogP contribution in [0.5, 0.6) is 0 Å². The molecule has 134 valence electrons. The molecule has 9 heteroatoms. The highest BCUT2D eigenvalue weighted by Gasteiger charge is 2.26. The second kappa shape index (κ2) is 8.11. The van der Waals surface area contributed by atoms with E-state index in [0.717, 1.165) is 11.3 Å². The number of thiazole rings is 1. The first-order valence-electron chi connectivity index (χ1n) is 7.38. The predicted molar refractivity (Wildman–Crippen MR) is 86.5 cm³/mol. The molecule has 0 atom stereocenters. The minimum Gasteiger partial charge on any atom is -0.461 e. The van der Waals surface area contributed by atoms with Crippen molar-refractivity contribution in [2.24, 2.45) is 0 Å². The van der Waals surface area contributed by atoms with E-state index in [-0.39, 0.29) is 17.2 Å². The molecule has 1 N–H and O–H groups in total. The molecule has 2 rings (SSSR count). The fourth-order valence-corrected chi connectivity index (χ4v) is 2.62. The smallest absolute Gasteiger partial charge is 0.390 e. The molecule has 0 aliphatic carbocycles. The summed E-state index contributed by atoms with van der Waals surface area (Å²) in [5.74, 6) is -1.08. The Bertz CT molecular complexity index is 742. The van der Waals surface area contributed by atoms with E-state index in [0.29, 0.717) is 11.3 Å². The molecule has 1 aromatic carbocycles. The van der Waals surface area contributed by atoms with Crippen LogP contribution < -0.4 is 5.32 Å². The number of benzene rings is 1. The first-order chi connectivity index (χ1) is 11.8. The predicted octanol–water partition coefficient (Wildman–Crippen LogP) is 3.67. The first-order valence-corrected chi connectivity index (χ1v) is 8.26. The van der Waals surface area contributed by atoms with Crippen LogP contribution in [0, 0.1) is 0 Å². The quantitative estimate of drug-likeness (QED) is 0.786. The van der Waals surface area contributed by atoms with Crippen LogP contribution in [0.3, 0.4) is 0 Å². The summed E-state index contributed by atoms with van der Waals surface area (Å²) in [6.07, 6.45) is -5.38. The Balaban J connectivity index is 2.00. The Morgan fingerprint density at radius 3 is 2.52 bits per heavy atom. The molecule has 0 aliphatic rings. The zero-order valence-electron chi connectivity index (χ0n) is 13.2. The zero-order valence-corrected chi connectivity index (χ0v) is 14.0. The van der Waals surface area contributed by atoms with E-state index in [2.05, 4.69) is 10.3 Å². The van der Waals surface area contributed by atoms with Gasteiger partial charge >= 0.3 is 12.1 Å². The van der Waals surface area contributed by atoms with Gasteiger partial charge in [-0.2, -0.15) is 13.2 Å². The molecule has 5 nitrogen and oxygen atoms in total. The van der Waals surface area contributed by atoms with Crippen molar-refractivity contribution in [3.05, 3.63) is 40.2 Å². The van der Waals surface area contributed by atoms with Crippen LogP contribution in [-0.2, 0) is 4.74 Å². The molecular weight excluding hydrogens is 357 g/mol. The van der Waals surface area contributed by atoms with Crippen LogP contribution >= 0.6 is 11.3 Å². The lowest BCUT2D eigenvalue weighted by molar-refractivity contribution is -0.133. The number of alkyl halides is 3. The number of halogens is 3. The lowest BCUT2D eigenvalue weighted by atomic mass is 10.1. The Morgan fingerprint density at radius 1 is 1.24 bits per heavy atom. The van der Waals surface area contributed by atoms with Gasteiger partial charge in [-0.1, -0.05) is 12.1 Å². The minimum atomic E-state index is -4.31. The van der Waals surface area contributed by atoms with Gasteiger partial charge in [0, 0.05) is 23.1 Å². The van der Waals surface area contributed by atoms with Crippen molar-refractivity contribution in [2.75, 3.05) is 13.2 Å². The number of nitrogens with one attached hydrogen (secondary N) is 1. The van der Waals surface area contributed by atoms with Crippen LogP contribution in [0.15, 0.2) is 29.6 Å². The number of rotatable bonds is 6. The van der Waals surface area contributed by atoms with E-state index in [1.807, 2.05) is 0 Å². The number of hydrogen-bond acceptors (Lipinski definition) is 5. The number of nitrogens with zero attached hydrogens (tertiary/aromatic N) is 1. The summed E-state index contributed by atoms with van der Waals surface area (Å²) in [5, 5.41) is 4.13. The Hall–Kier alpha value is -2.42. The molecule has 2 aromatic rings. The van der Waals surface area contributed by atoms with E-state index in [4.69, 9.17) is 4.74 Å². The van der Waals surface area contributed by atoms with E-state index in [1.54, 1.807) is 24.4 Å². The summed E-state index contributed by atoms with van der Waals surface area (Å²) in [6.45, 7) is 1.48. The molecule has 1 aromatic heterocycles. The van der Waals surface area contributed by atoms with E-state index in [9.17, 15) is 22.8 Å². The number of hydrogen-bond donors (Lipinski definition) is 1. The third-order valence-electron chi connectivity index (χ3n) is 3.09. The maximum absolute atomic E-state index is 12.1. The number of esters is 1. The van der Waals surface area contributed by atoms with Crippen LogP contribution in [-0.4, -0.2) is 36.2 Å². The van der Waals surface area contributed by atoms with Crippen molar-refractivity contribution >= 4 is 23.2 Å². The monoisotopic (exact) mass is 372 g/mol. The fraction of sp³-hybridized carbons (Fsp3) is 0.312. The number of aromatic nitrogens is 1. The third kappa shape index (κ3) is 5.56. The molecule has 0 saturated heterocycles. The van der Waals surface area contributed by atoms with Crippen molar-refractivity contribution in [2.45, 2.75) is 19.5 Å². The van der Waals surface area contributed by atoms with Crippen LogP contribution in [0.4, 0.5) is 13.2 Å². The number of amides is 1. The normalized spacial score (nSPS) is 11.2. The Morgan fingerprint density at radius 2 is 1.92 bits per heavy atom. The van der Waals surface area contributed by atoms with Gasteiger partial charge in [-0.3, -0.25) is 4.79 Å². The molecule has 1 heterocycles. The number of ether oxygens (including phenoxy) is 1. The van der Waals surface area contributed by atoms with Gasteiger partial charge in [-0.25, -0.2) is 9.78 Å². The summed E-state index contributed by atoms with van der Waals surface area (Å²) < 4.78 is 41.1. The standard InChI is InChI=1S/C16H15F3N2O3S/c1-2-24-15(23)14-21-12(9-25-14)10-3-5-11(6-4-10)13(22)20-8-7-16(17,18)19/h3-6,9H,2,7-8H2,1H3,(H,20,22). The molecule has 1 amide bonds. The molecule has 0 fully saturated rings. The second-order valence-corrected chi connectivity index (χ2v) is 5.81. The molecule has 0 bridgehead atoms. The summed E-state index contributed by atoms with van der Waals surface area (Å²) in [4.78, 5) is 27.6. The Labute approximate surface area is 145 Å². The van der Waals surface area contributed by atoms with Gasteiger partial charge in [0.15, 0.2) is 0 Å². The van der Waals surface area contributed by atoms with Gasteiger partial charge in [-0.15, -0.1) is 11.3 Å². The summed E-state index contributed by atoms with van der Waals surface area (Å²) >= 11 is 1.14. The summed E-state index contributed by atoms with van der Waals surface area (Å²) in [7, 11) is 0. The van der Waals surface area contributed by atoms with Crippen molar-refractivity contribution in [3.8, 4) is 11.3 Å². The molecule has 25 heavy (non-hydrogen) atoms. The van der Waals surface area contributed by atoms with Gasteiger partial charge in [0.25, 0.3) is 5.91 Å². The van der Waals surface area contributed by atoms with E-state index in [1.165, 1.54) is 12.1 Å². The number of carbonyl (C=O) groups excluding carboxylic acids is 2. The van der Waals surface area contributed by atoms with E-state index < -0.39 is 31.0 Å². The highest BCUT2D eigenvalue weighted by atomic mass is 32.1. The lowest BCUT2D eigenvalue weighted by Crippen LogP contribution is -2.27. The fourth-order valence-electron chi connectivity index (χ4n) is 1.91.